The number of carbonyl (C=O) groups is 1. The third-order valence-corrected chi connectivity index (χ3v) is 3.15. The lowest BCUT2D eigenvalue weighted by Gasteiger charge is -2.13. The van der Waals surface area contributed by atoms with Crippen LogP contribution in [-0.4, -0.2) is 32.4 Å². The van der Waals surface area contributed by atoms with E-state index in [-0.39, 0.29) is 12.1 Å². The Morgan fingerprint density at radius 3 is 3.00 bits per heavy atom. The molecule has 1 aromatic carbocycles. The SMILES string of the molecule is COc1ccccc1CNC(=O)NC[C@H]1CCCO1. The molecule has 2 rings (SSSR count). The molecule has 5 nitrogen and oxygen atoms in total. The zero-order valence-corrected chi connectivity index (χ0v) is 11.1. The van der Waals surface area contributed by atoms with Gasteiger partial charge in [0.05, 0.1) is 13.2 Å². The molecule has 2 N–H and O–H groups in total. The van der Waals surface area contributed by atoms with Crippen molar-refractivity contribution >= 4 is 6.03 Å². The zero-order chi connectivity index (χ0) is 13.5. The van der Waals surface area contributed by atoms with E-state index >= 15 is 0 Å². The lowest BCUT2D eigenvalue weighted by molar-refractivity contribution is 0.111. The van der Waals surface area contributed by atoms with Crippen molar-refractivity contribution in [1.82, 2.24) is 10.6 Å². The maximum Gasteiger partial charge on any atom is 0.315 e. The molecule has 1 aliphatic heterocycles. The van der Waals surface area contributed by atoms with Crippen LogP contribution in [0.25, 0.3) is 0 Å². The van der Waals surface area contributed by atoms with Crippen molar-refractivity contribution in [3.05, 3.63) is 29.8 Å². The molecule has 104 valence electrons. The second-order valence-corrected chi connectivity index (χ2v) is 4.51. The number of carbonyl (C=O) groups excluding carboxylic acids is 1. The van der Waals surface area contributed by atoms with E-state index < -0.39 is 0 Å². The van der Waals surface area contributed by atoms with Crippen molar-refractivity contribution in [3.8, 4) is 5.75 Å². The first kappa shape index (κ1) is 13.7. The van der Waals surface area contributed by atoms with Gasteiger partial charge in [0.1, 0.15) is 5.75 Å². The molecular weight excluding hydrogens is 244 g/mol. The number of methoxy groups -OCH3 is 1. The van der Waals surface area contributed by atoms with Crippen molar-refractivity contribution in [1.29, 1.82) is 0 Å². The number of ether oxygens (including phenoxy) is 2. The number of para-hydroxylation sites is 1. The molecule has 1 atom stereocenters. The Balaban J connectivity index is 1.73. The van der Waals surface area contributed by atoms with Gasteiger partial charge in [-0.15, -0.1) is 0 Å². The maximum absolute atomic E-state index is 11.7. The molecule has 1 saturated heterocycles. The summed E-state index contributed by atoms with van der Waals surface area (Å²) < 4.78 is 10.7. The van der Waals surface area contributed by atoms with Crippen LogP contribution >= 0.6 is 0 Å². The Bertz CT molecular complexity index is 417. The zero-order valence-electron chi connectivity index (χ0n) is 11.1. The fourth-order valence-electron chi connectivity index (χ4n) is 2.10. The van der Waals surface area contributed by atoms with Crippen LogP contribution in [-0.2, 0) is 11.3 Å². The van der Waals surface area contributed by atoms with E-state index in [1.807, 2.05) is 24.3 Å². The average Bonchev–Trinajstić information content (AvgIpc) is 2.96. The topological polar surface area (TPSA) is 59.6 Å². The van der Waals surface area contributed by atoms with Gasteiger partial charge in [-0.25, -0.2) is 4.79 Å². The molecule has 0 spiro atoms. The number of hydrogen-bond acceptors (Lipinski definition) is 3. The van der Waals surface area contributed by atoms with Gasteiger partial charge in [0.15, 0.2) is 0 Å². The quantitative estimate of drug-likeness (QED) is 0.850. The predicted octanol–water partition coefficient (Wildman–Crippen LogP) is 1.67. The smallest absolute Gasteiger partial charge is 0.315 e. The number of hydrogen-bond donors (Lipinski definition) is 2. The lowest BCUT2D eigenvalue weighted by Crippen LogP contribution is -2.39. The number of nitrogens with one attached hydrogen (secondary N) is 2. The molecule has 0 bridgehead atoms. The van der Waals surface area contributed by atoms with Crippen LogP contribution in [0.2, 0.25) is 0 Å². The standard InChI is InChI=1S/C14H20N2O3/c1-18-13-7-3-2-5-11(13)9-15-14(17)16-10-12-6-4-8-19-12/h2-3,5,7,12H,4,6,8-10H2,1H3,(H2,15,16,17)/t12-/m1/s1. The molecule has 1 aliphatic rings. The highest BCUT2D eigenvalue weighted by Gasteiger charge is 2.15. The van der Waals surface area contributed by atoms with E-state index in [0.717, 1.165) is 30.8 Å². The van der Waals surface area contributed by atoms with Crippen LogP contribution in [0, 0.1) is 0 Å². The van der Waals surface area contributed by atoms with E-state index in [4.69, 9.17) is 9.47 Å². The summed E-state index contributed by atoms with van der Waals surface area (Å²) in [6.07, 6.45) is 2.26. The van der Waals surface area contributed by atoms with Crippen molar-refractivity contribution in [2.75, 3.05) is 20.3 Å². The summed E-state index contributed by atoms with van der Waals surface area (Å²) >= 11 is 0. The van der Waals surface area contributed by atoms with Gasteiger partial charge in [-0.3, -0.25) is 0 Å². The van der Waals surface area contributed by atoms with Crippen LogP contribution in [0.4, 0.5) is 4.79 Å². The highest BCUT2D eigenvalue weighted by Crippen LogP contribution is 2.16. The van der Waals surface area contributed by atoms with Gasteiger partial charge in [0, 0.05) is 25.3 Å². The van der Waals surface area contributed by atoms with E-state index in [1.54, 1.807) is 7.11 Å². The Kier molecular flexibility index (Phi) is 5.03. The predicted molar refractivity (Wildman–Crippen MR) is 72.2 cm³/mol. The molecule has 1 aromatic rings. The maximum atomic E-state index is 11.7. The minimum absolute atomic E-state index is 0.164. The van der Waals surface area contributed by atoms with Crippen LogP contribution in [0.3, 0.4) is 0 Å². The molecule has 0 saturated carbocycles. The van der Waals surface area contributed by atoms with Crippen LogP contribution < -0.4 is 15.4 Å². The first-order chi connectivity index (χ1) is 9.29. The molecule has 0 unspecified atom stereocenters. The first-order valence-corrected chi connectivity index (χ1v) is 6.55. The summed E-state index contributed by atoms with van der Waals surface area (Å²) in [6.45, 7) is 1.81. The highest BCUT2D eigenvalue weighted by molar-refractivity contribution is 5.73. The molecule has 5 heteroatoms. The van der Waals surface area contributed by atoms with Crippen molar-refractivity contribution in [2.45, 2.75) is 25.5 Å². The molecule has 2 amide bonds. The van der Waals surface area contributed by atoms with Gasteiger partial charge in [0.25, 0.3) is 0 Å². The van der Waals surface area contributed by atoms with Crippen LogP contribution in [0.15, 0.2) is 24.3 Å². The van der Waals surface area contributed by atoms with E-state index in [9.17, 15) is 4.79 Å². The van der Waals surface area contributed by atoms with E-state index in [1.165, 1.54) is 0 Å². The highest BCUT2D eigenvalue weighted by atomic mass is 16.5. The van der Waals surface area contributed by atoms with Gasteiger partial charge < -0.3 is 20.1 Å². The van der Waals surface area contributed by atoms with E-state index in [2.05, 4.69) is 10.6 Å². The molecular formula is C14H20N2O3. The van der Waals surface area contributed by atoms with Crippen LogP contribution in [0.1, 0.15) is 18.4 Å². The fraction of sp³-hybridized carbons (Fsp3) is 0.500. The third-order valence-electron chi connectivity index (χ3n) is 3.15. The van der Waals surface area contributed by atoms with Crippen molar-refractivity contribution in [3.63, 3.8) is 0 Å². The number of benzene rings is 1. The molecule has 1 fully saturated rings. The molecule has 1 heterocycles. The van der Waals surface area contributed by atoms with Gasteiger partial charge in [0.2, 0.25) is 0 Å². The number of amides is 2. The molecule has 0 aromatic heterocycles. The molecule has 0 aliphatic carbocycles. The Morgan fingerprint density at radius 1 is 1.42 bits per heavy atom. The van der Waals surface area contributed by atoms with Gasteiger partial charge in [-0.2, -0.15) is 0 Å². The summed E-state index contributed by atoms with van der Waals surface area (Å²) in [4.78, 5) is 11.7. The minimum Gasteiger partial charge on any atom is -0.496 e. The second kappa shape index (κ2) is 6.99. The normalized spacial score (nSPS) is 18.1. The van der Waals surface area contributed by atoms with Crippen molar-refractivity contribution in [2.24, 2.45) is 0 Å². The van der Waals surface area contributed by atoms with Gasteiger partial charge in [-0.05, 0) is 18.9 Å². The van der Waals surface area contributed by atoms with E-state index in [0.29, 0.717) is 13.1 Å². The average molecular weight is 264 g/mol. The largest absolute Gasteiger partial charge is 0.496 e. The second-order valence-electron chi connectivity index (χ2n) is 4.51. The number of urea groups is 1. The molecule has 0 radical (unpaired) electrons. The summed E-state index contributed by atoms with van der Waals surface area (Å²) in [7, 11) is 1.62. The lowest BCUT2D eigenvalue weighted by atomic mass is 10.2. The van der Waals surface area contributed by atoms with Gasteiger partial charge in [-0.1, -0.05) is 18.2 Å². The first-order valence-electron chi connectivity index (χ1n) is 6.55. The summed E-state index contributed by atoms with van der Waals surface area (Å²) in [5, 5.41) is 5.63. The Morgan fingerprint density at radius 2 is 2.26 bits per heavy atom. The van der Waals surface area contributed by atoms with Crippen LogP contribution in [0.5, 0.6) is 5.75 Å². The minimum atomic E-state index is -0.179. The Labute approximate surface area is 113 Å². The van der Waals surface area contributed by atoms with Crippen molar-refractivity contribution < 1.29 is 14.3 Å². The summed E-state index contributed by atoms with van der Waals surface area (Å²) in [6, 6.07) is 7.45. The number of rotatable bonds is 5. The monoisotopic (exact) mass is 264 g/mol. The Hall–Kier alpha value is -1.75. The third kappa shape index (κ3) is 4.13. The van der Waals surface area contributed by atoms with Gasteiger partial charge >= 0.3 is 6.03 Å². The fourth-order valence-corrected chi connectivity index (χ4v) is 2.10. The molecule has 19 heavy (non-hydrogen) atoms. The summed E-state index contributed by atoms with van der Waals surface area (Å²) in [5.41, 5.74) is 0.956. The summed E-state index contributed by atoms with van der Waals surface area (Å²) in [5.74, 6) is 0.780.